The highest BCUT2D eigenvalue weighted by molar-refractivity contribution is 5.60. The van der Waals surface area contributed by atoms with E-state index in [2.05, 4.69) is 23.6 Å². The number of benzene rings is 1. The van der Waals surface area contributed by atoms with Crippen molar-refractivity contribution < 1.29 is 4.92 Å². The first-order valence-electron chi connectivity index (χ1n) is 6.74. The van der Waals surface area contributed by atoms with Gasteiger partial charge in [0.15, 0.2) is 0 Å². The van der Waals surface area contributed by atoms with Crippen molar-refractivity contribution in [3.63, 3.8) is 0 Å². The number of hydrogen-bond donors (Lipinski definition) is 0. The summed E-state index contributed by atoms with van der Waals surface area (Å²) in [6.45, 7) is 8.06. The van der Waals surface area contributed by atoms with Gasteiger partial charge in [-0.05, 0) is 25.6 Å². The van der Waals surface area contributed by atoms with Crippen LogP contribution in [-0.2, 0) is 0 Å². The molecule has 0 aromatic heterocycles. The number of rotatable bonds is 3. The molecule has 6 nitrogen and oxygen atoms in total. The van der Waals surface area contributed by atoms with E-state index in [1.165, 1.54) is 6.07 Å². The van der Waals surface area contributed by atoms with Gasteiger partial charge in [0.05, 0.1) is 4.92 Å². The summed E-state index contributed by atoms with van der Waals surface area (Å²) in [7, 11) is 0. The van der Waals surface area contributed by atoms with Crippen LogP contribution >= 0.6 is 0 Å². The highest BCUT2D eigenvalue weighted by Gasteiger charge is 2.24. The molecule has 1 unspecified atom stereocenters. The molecular formula is C14H18N4O2. The van der Waals surface area contributed by atoms with Gasteiger partial charge in [0.25, 0.3) is 5.69 Å². The monoisotopic (exact) mass is 274 g/mol. The number of anilines is 1. The van der Waals surface area contributed by atoms with Gasteiger partial charge >= 0.3 is 0 Å². The van der Waals surface area contributed by atoms with Crippen LogP contribution < -0.4 is 4.90 Å². The lowest BCUT2D eigenvalue weighted by Crippen LogP contribution is -2.51. The number of nitro groups is 1. The zero-order valence-electron chi connectivity index (χ0n) is 11.7. The van der Waals surface area contributed by atoms with Crippen LogP contribution in [0.3, 0.4) is 0 Å². The van der Waals surface area contributed by atoms with Gasteiger partial charge in [-0.3, -0.25) is 15.0 Å². The van der Waals surface area contributed by atoms with E-state index in [0.29, 0.717) is 6.04 Å². The Bertz CT molecular complexity index is 553. The Morgan fingerprint density at radius 2 is 2.25 bits per heavy atom. The molecule has 1 aromatic rings. The molecule has 1 saturated heterocycles. The van der Waals surface area contributed by atoms with E-state index in [0.717, 1.165) is 31.9 Å². The van der Waals surface area contributed by atoms with E-state index in [9.17, 15) is 10.1 Å². The second-order valence-corrected chi connectivity index (χ2v) is 4.99. The van der Waals surface area contributed by atoms with E-state index in [-0.39, 0.29) is 11.3 Å². The molecular weight excluding hydrogens is 256 g/mol. The van der Waals surface area contributed by atoms with Crippen molar-refractivity contribution in [1.29, 1.82) is 5.26 Å². The minimum absolute atomic E-state index is 0.123. The molecule has 1 aliphatic heterocycles. The third-order valence-electron chi connectivity index (χ3n) is 3.83. The maximum atomic E-state index is 10.8. The number of nitro benzene ring substituents is 1. The Kier molecular flexibility index (Phi) is 4.20. The Morgan fingerprint density at radius 1 is 1.50 bits per heavy atom. The van der Waals surface area contributed by atoms with Crippen molar-refractivity contribution in [2.75, 3.05) is 31.1 Å². The van der Waals surface area contributed by atoms with Crippen LogP contribution in [0.2, 0.25) is 0 Å². The molecule has 6 heteroatoms. The second-order valence-electron chi connectivity index (χ2n) is 4.99. The summed E-state index contributed by atoms with van der Waals surface area (Å²) < 4.78 is 0. The van der Waals surface area contributed by atoms with Crippen molar-refractivity contribution in [3.8, 4) is 6.07 Å². The molecule has 0 bridgehead atoms. The van der Waals surface area contributed by atoms with Crippen molar-refractivity contribution in [1.82, 2.24) is 4.90 Å². The standard InChI is InChI=1S/C14H18N4O2/c1-3-16-6-7-17(10-11(16)2)13-4-5-14(18(19)20)12(8-13)9-15/h4-5,8,11H,3,6-7,10H2,1-2H3. The molecule has 0 aliphatic carbocycles. The van der Waals surface area contributed by atoms with Crippen LogP contribution in [0.4, 0.5) is 11.4 Å². The first-order valence-corrected chi connectivity index (χ1v) is 6.74. The molecule has 106 valence electrons. The molecule has 0 radical (unpaired) electrons. The number of nitriles is 1. The van der Waals surface area contributed by atoms with Crippen LogP contribution in [0.1, 0.15) is 19.4 Å². The lowest BCUT2D eigenvalue weighted by molar-refractivity contribution is -0.385. The fourth-order valence-corrected chi connectivity index (χ4v) is 2.67. The number of piperazine rings is 1. The summed E-state index contributed by atoms with van der Waals surface area (Å²) >= 11 is 0. The topological polar surface area (TPSA) is 73.4 Å². The lowest BCUT2D eigenvalue weighted by atomic mass is 10.1. The average molecular weight is 274 g/mol. The smallest absolute Gasteiger partial charge is 0.287 e. The maximum absolute atomic E-state index is 10.8. The fraction of sp³-hybridized carbons (Fsp3) is 0.500. The average Bonchev–Trinajstić information content (AvgIpc) is 2.46. The van der Waals surface area contributed by atoms with Crippen molar-refractivity contribution in [3.05, 3.63) is 33.9 Å². The molecule has 0 N–H and O–H groups in total. The molecule has 20 heavy (non-hydrogen) atoms. The van der Waals surface area contributed by atoms with Gasteiger partial charge in [-0.15, -0.1) is 0 Å². The molecule has 1 heterocycles. The summed E-state index contributed by atoms with van der Waals surface area (Å²) in [5.41, 5.74) is 0.879. The summed E-state index contributed by atoms with van der Waals surface area (Å²) in [5.74, 6) is 0. The summed E-state index contributed by atoms with van der Waals surface area (Å²) in [4.78, 5) is 14.9. The normalized spacial score (nSPS) is 19.6. The molecule has 0 amide bonds. The predicted octanol–water partition coefficient (Wildman–Crippen LogP) is 2.00. The maximum Gasteiger partial charge on any atom is 0.287 e. The summed E-state index contributed by atoms with van der Waals surface area (Å²) in [5, 5.41) is 19.9. The SMILES string of the molecule is CCN1CCN(c2ccc([N+](=O)[O-])c(C#N)c2)CC1C. The van der Waals surface area contributed by atoms with Crippen LogP contribution in [-0.4, -0.2) is 42.0 Å². The predicted molar refractivity (Wildman–Crippen MR) is 76.7 cm³/mol. The number of likely N-dealkylation sites (N-methyl/N-ethyl adjacent to an activating group) is 1. The molecule has 0 spiro atoms. The van der Waals surface area contributed by atoms with Crippen LogP contribution in [0.15, 0.2) is 18.2 Å². The van der Waals surface area contributed by atoms with Crippen molar-refractivity contribution >= 4 is 11.4 Å². The molecule has 1 aliphatic rings. The van der Waals surface area contributed by atoms with Gasteiger partial charge in [-0.2, -0.15) is 5.26 Å². The molecule has 1 atom stereocenters. The summed E-state index contributed by atoms with van der Waals surface area (Å²) in [6, 6.07) is 7.12. The highest BCUT2D eigenvalue weighted by atomic mass is 16.6. The van der Waals surface area contributed by atoms with Gasteiger partial charge in [-0.1, -0.05) is 6.92 Å². The van der Waals surface area contributed by atoms with Gasteiger partial charge in [0, 0.05) is 37.4 Å². The van der Waals surface area contributed by atoms with E-state index in [1.54, 1.807) is 12.1 Å². The third-order valence-corrected chi connectivity index (χ3v) is 3.83. The van der Waals surface area contributed by atoms with Gasteiger partial charge in [0.2, 0.25) is 0 Å². The van der Waals surface area contributed by atoms with E-state index in [4.69, 9.17) is 5.26 Å². The van der Waals surface area contributed by atoms with Gasteiger partial charge in [-0.25, -0.2) is 0 Å². The molecule has 1 fully saturated rings. The van der Waals surface area contributed by atoms with Crippen molar-refractivity contribution in [2.45, 2.75) is 19.9 Å². The Morgan fingerprint density at radius 3 is 2.80 bits per heavy atom. The first-order chi connectivity index (χ1) is 9.56. The van der Waals surface area contributed by atoms with E-state index >= 15 is 0 Å². The van der Waals surface area contributed by atoms with Gasteiger partial charge in [0.1, 0.15) is 11.6 Å². The second kappa shape index (κ2) is 5.88. The van der Waals surface area contributed by atoms with Crippen LogP contribution in [0.25, 0.3) is 0 Å². The zero-order chi connectivity index (χ0) is 14.7. The molecule has 0 saturated carbocycles. The molecule has 2 rings (SSSR count). The Balaban J connectivity index is 2.22. The zero-order valence-corrected chi connectivity index (χ0v) is 11.7. The minimum Gasteiger partial charge on any atom is -0.369 e. The molecule has 1 aromatic carbocycles. The first kappa shape index (κ1) is 14.3. The largest absolute Gasteiger partial charge is 0.369 e. The fourth-order valence-electron chi connectivity index (χ4n) is 2.67. The van der Waals surface area contributed by atoms with E-state index < -0.39 is 4.92 Å². The van der Waals surface area contributed by atoms with E-state index in [1.807, 2.05) is 6.07 Å². The lowest BCUT2D eigenvalue weighted by Gasteiger charge is -2.40. The number of nitrogens with zero attached hydrogens (tertiary/aromatic N) is 4. The van der Waals surface area contributed by atoms with Crippen LogP contribution in [0, 0.1) is 21.4 Å². The quantitative estimate of drug-likeness (QED) is 0.622. The third kappa shape index (κ3) is 2.73. The minimum atomic E-state index is -0.514. The van der Waals surface area contributed by atoms with Gasteiger partial charge < -0.3 is 4.90 Å². The highest BCUT2D eigenvalue weighted by Crippen LogP contribution is 2.26. The number of hydrogen-bond acceptors (Lipinski definition) is 5. The Labute approximate surface area is 118 Å². The van der Waals surface area contributed by atoms with Crippen LogP contribution in [0.5, 0.6) is 0 Å². The van der Waals surface area contributed by atoms with Crippen molar-refractivity contribution in [2.24, 2.45) is 0 Å². The summed E-state index contributed by atoms with van der Waals surface area (Å²) in [6.07, 6.45) is 0. The Hall–Kier alpha value is -2.13.